The van der Waals surface area contributed by atoms with Crippen molar-refractivity contribution in [2.75, 3.05) is 4.90 Å². The van der Waals surface area contributed by atoms with Crippen LogP contribution in [0.3, 0.4) is 0 Å². The monoisotopic (exact) mass is 781 g/mol. The Morgan fingerprint density at radius 1 is 0.295 bits per heavy atom. The van der Waals surface area contributed by atoms with Gasteiger partial charge in [0.15, 0.2) is 0 Å². The van der Waals surface area contributed by atoms with Gasteiger partial charge in [-0.2, -0.15) is 0 Å². The van der Waals surface area contributed by atoms with Crippen LogP contribution in [0.2, 0.25) is 0 Å². The molecular formula is C60H47N. The number of hydrogen-bond donors (Lipinski definition) is 0. The molecule has 0 aliphatic heterocycles. The van der Waals surface area contributed by atoms with Gasteiger partial charge in [0, 0.05) is 27.6 Å². The van der Waals surface area contributed by atoms with Crippen molar-refractivity contribution in [2.24, 2.45) is 0 Å². The first-order valence-electron chi connectivity index (χ1n) is 21.5. The van der Waals surface area contributed by atoms with E-state index in [0.717, 1.165) is 17.1 Å². The van der Waals surface area contributed by atoms with Crippen LogP contribution in [-0.2, 0) is 10.8 Å². The summed E-state index contributed by atoms with van der Waals surface area (Å²) in [5.41, 5.74) is 23.6. The molecule has 0 bridgehead atoms. The van der Waals surface area contributed by atoms with Crippen LogP contribution in [-0.4, -0.2) is 0 Å². The third-order valence-electron chi connectivity index (χ3n) is 13.5. The van der Waals surface area contributed by atoms with Crippen LogP contribution in [0.1, 0.15) is 49.9 Å². The van der Waals surface area contributed by atoms with E-state index in [9.17, 15) is 0 Å². The number of nitrogens with zero attached hydrogens (tertiary/aromatic N) is 1. The minimum atomic E-state index is -0.180. The second-order valence-corrected chi connectivity index (χ2v) is 17.6. The largest absolute Gasteiger partial charge is 0.309 e. The van der Waals surface area contributed by atoms with Gasteiger partial charge in [-0.1, -0.05) is 216 Å². The molecule has 292 valence electrons. The molecule has 0 radical (unpaired) electrons. The second-order valence-electron chi connectivity index (χ2n) is 17.6. The number of fused-ring (bicyclic) bond motifs is 6. The smallest absolute Gasteiger partial charge is 0.0540 e. The molecule has 1 heteroatoms. The average molecular weight is 782 g/mol. The third-order valence-corrected chi connectivity index (χ3v) is 13.5. The molecule has 0 spiro atoms. The van der Waals surface area contributed by atoms with Gasteiger partial charge in [-0.15, -0.1) is 0 Å². The first-order chi connectivity index (χ1) is 29.8. The summed E-state index contributed by atoms with van der Waals surface area (Å²) in [6, 6.07) is 78.6. The summed E-state index contributed by atoms with van der Waals surface area (Å²) < 4.78 is 0. The van der Waals surface area contributed by atoms with Crippen molar-refractivity contribution in [1.82, 2.24) is 0 Å². The van der Waals surface area contributed by atoms with Gasteiger partial charge in [-0.3, -0.25) is 0 Å². The SMILES string of the molecule is CC1(C)c2ccccc2-c2c(-c3ccccc3N(c3ccc(-c4ccccc4)c(-c4ccccc4)c3)c3ccccc3-c3cccc4c3C(C)(C)c3ccccc3-4)cccc21. The highest BCUT2D eigenvalue weighted by Gasteiger charge is 2.39. The lowest BCUT2D eigenvalue weighted by molar-refractivity contribution is 0.660. The Morgan fingerprint density at radius 3 is 1.39 bits per heavy atom. The van der Waals surface area contributed by atoms with E-state index < -0.39 is 0 Å². The molecule has 0 N–H and O–H groups in total. The van der Waals surface area contributed by atoms with Crippen LogP contribution >= 0.6 is 0 Å². The average Bonchev–Trinajstić information content (AvgIpc) is 3.70. The Hall–Kier alpha value is -7.22. The topological polar surface area (TPSA) is 3.24 Å². The second kappa shape index (κ2) is 14.2. The minimum Gasteiger partial charge on any atom is -0.309 e. The number of anilines is 3. The molecule has 9 aromatic rings. The molecule has 2 aliphatic rings. The van der Waals surface area contributed by atoms with Crippen molar-refractivity contribution in [3.05, 3.63) is 235 Å². The summed E-state index contributed by atoms with van der Waals surface area (Å²) in [4.78, 5) is 2.53. The summed E-state index contributed by atoms with van der Waals surface area (Å²) in [5.74, 6) is 0. The predicted octanol–water partition coefficient (Wildman–Crippen LogP) is 16.4. The molecule has 11 rings (SSSR count). The quantitative estimate of drug-likeness (QED) is 0.156. The van der Waals surface area contributed by atoms with E-state index in [4.69, 9.17) is 0 Å². The van der Waals surface area contributed by atoms with Gasteiger partial charge in [0.1, 0.15) is 0 Å². The Bertz CT molecular complexity index is 3130. The molecule has 0 saturated heterocycles. The lowest BCUT2D eigenvalue weighted by atomic mass is 9.78. The molecule has 0 fully saturated rings. The van der Waals surface area contributed by atoms with Gasteiger partial charge in [-0.25, -0.2) is 0 Å². The Morgan fingerprint density at radius 2 is 0.738 bits per heavy atom. The highest BCUT2D eigenvalue weighted by atomic mass is 15.1. The summed E-state index contributed by atoms with van der Waals surface area (Å²) in [7, 11) is 0. The predicted molar refractivity (Wildman–Crippen MR) is 258 cm³/mol. The zero-order valence-corrected chi connectivity index (χ0v) is 35.2. The standard InChI is InChI=1S/C60H47N/c1-59(2)53-33-16-12-28-50(53)57-47(29-20-34-54(57)59)45-26-13-17-35-55(45)61(42-37-38-43(40-21-7-5-8-22-40)51(39-42)41-23-9-6-10-24-41)56-36-18-14-27-46(56)49-31-19-30-48-44-25-11-15-32-52(44)60(3,4)58(48)49/h5-39H,1-4H3. The summed E-state index contributed by atoms with van der Waals surface area (Å²) in [6.45, 7) is 9.52. The zero-order chi connectivity index (χ0) is 41.3. The first kappa shape index (κ1) is 36.8. The van der Waals surface area contributed by atoms with Gasteiger partial charge in [-0.05, 0) is 102 Å². The van der Waals surface area contributed by atoms with Crippen LogP contribution in [0.5, 0.6) is 0 Å². The molecule has 1 nitrogen and oxygen atoms in total. The Balaban J connectivity index is 1.20. The van der Waals surface area contributed by atoms with Gasteiger partial charge in [0.25, 0.3) is 0 Å². The maximum absolute atomic E-state index is 2.53. The van der Waals surface area contributed by atoms with Crippen LogP contribution in [0, 0.1) is 0 Å². The van der Waals surface area contributed by atoms with Crippen LogP contribution in [0.4, 0.5) is 17.1 Å². The summed E-state index contributed by atoms with van der Waals surface area (Å²) in [6.07, 6.45) is 0. The molecule has 9 aromatic carbocycles. The molecule has 0 amide bonds. The van der Waals surface area contributed by atoms with E-state index in [-0.39, 0.29) is 10.8 Å². The Labute approximate surface area is 360 Å². The van der Waals surface area contributed by atoms with Crippen LogP contribution in [0.25, 0.3) is 66.8 Å². The highest BCUT2D eigenvalue weighted by molar-refractivity contribution is 6.01. The van der Waals surface area contributed by atoms with Gasteiger partial charge >= 0.3 is 0 Å². The van der Waals surface area contributed by atoms with Crippen molar-refractivity contribution >= 4 is 17.1 Å². The highest BCUT2D eigenvalue weighted by Crippen LogP contribution is 2.56. The van der Waals surface area contributed by atoms with Gasteiger partial charge in [0.2, 0.25) is 0 Å². The fourth-order valence-corrected chi connectivity index (χ4v) is 10.6. The molecule has 0 aromatic heterocycles. The van der Waals surface area contributed by atoms with E-state index in [0.29, 0.717) is 0 Å². The molecule has 0 unspecified atom stereocenters. The van der Waals surface area contributed by atoms with E-state index in [1.54, 1.807) is 0 Å². The fraction of sp³-hybridized carbons (Fsp3) is 0.100. The molecule has 61 heavy (non-hydrogen) atoms. The molecule has 0 saturated carbocycles. The van der Waals surface area contributed by atoms with Crippen molar-refractivity contribution in [1.29, 1.82) is 0 Å². The summed E-state index contributed by atoms with van der Waals surface area (Å²) in [5, 5.41) is 0. The molecular weight excluding hydrogens is 735 g/mol. The molecule has 2 aliphatic carbocycles. The van der Waals surface area contributed by atoms with Crippen LogP contribution in [0.15, 0.2) is 212 Å². The van der Waals surface area contributed by atoms with E-state index in [2.05, 4.69) is 245 Å². The van der Waals surface area contributed by atoms with E-state index in [1.807, 2.05) is 0 Å². The van der Waals surface area contributed by atoms with Gasteiger partial charge < -0.3 is 4.90 Å². The Kier molecular flexibility index (Phi) is 8.58. The maximum atomic E-state index is 2.53. The number of benzene rings is 9. The summed E-state index contributed by atoms with van der Waals surface area (Å²) >= 11 is 0. The maximum Gasteiger partial charge on any atom is 0.0540 e. The number of hydrogen-bond acceptors (Lipinski definition) is 1. The third kappa shape index (κ3) is 5.76. The van der Waals surface area contributed by atoms with Crippen molar-refractivity contribution in [3.63, 3.8) is 0 Å². The van der Waals surface area contributed by atoms with E-state index >= 15 is 0 Å². The molecule has 0 atom stereocenters. The zero-order valence-electron chi connectivity index (χ0n) is 35.2. The van der Waals surface area contributed by atoms with Crippen LogP contribution < -0.4 is 4.90 Å². The van der Waals surface area contributed by atoms with Crippen molar-refractivity contribution in [3.8, 4) is 66.8 Å². The van der Waals surface area contributed by atoms with Gasteiger partial charge in [0.05, 0.1) is 11.4 Å². The fourth-order valence-electron chi connectivity index (χ4n) is 10.6. The molecule has 0 heterocycles. The lowest BCUT2D eigenvalue weighted by Gasteiger charge is -2.32. The number of para-hydroxylation sites is 2. The number of rotatable bonds is 7. The minimum absolute atomic E-state index is 0.112. The first-order valence-corrected chi connectivity index (χ1v) is 21.5. The normalized spacial score (nSPS) is 13.8. The lowest BCUT2D eigenvalue weighted by Crippen LogP contribution is -2.17. The van der Waals surface area contributed by atoms with Crippen molar-refractivity contribution < 1.29 is 0 Å². The van der Waals surface area contributed by atoms with E-state index in [1.165, 1.54) is 89.0 Å². The van der Waals surface area contributed by atoms with Crippen molar-refractivity contribution in [2.45, 2.75) is 38.5 Å².